The Bertz CT molecular complexity index is 696. The normalized spacial score (nSPS) is 13.2. The van der Waals surface area contributed by atoms with Gasteiger partial charge in [0.05, 0.1) is 17.9 Å². The van der Waals surface area contributed by atoms with Crippen molar-refractivity contribution in [1.29, 1.82) is 0 Å². The Morgan fingerprint density at radius 1 is 1.35 bits per heavy atom. The Balaban J connectivity index is 2.27. The van der Waals surface area contributed by atoms with Gasteiger partial charge in [0.25, 0.3) is 0 Å². The highest BCUT2D eigenvalue weighted by Gasteiger charge is 2.23. The van der Waals surface area contributed by atoms with Crippen LogP contribution in [0.2, 0.25) is 0 Å². The van der Waals surface area contributed by atoms with Crippen molar-refractivity contribution < 1.29 is 12.8 Å². The molecule has 0 fully saturated rings. The molecule has 7 nitrogen and oxygen atoms in total. The number of aromatic nitrogens is 2. The first-order chi connectivity index (χ1) is 9.44. The number of sulfonamides is 1. The molecule has 2 N–H and O–H groups in total. The lowest BCUT2D eigenvalue weighted by molar-refractivity contribution is 0.428. The summed E-state index contributed by atoms with van der Waals surface area (Å²) in [5.74, 6) is 0.948. The van der Waals surface area contributed by atoms with Crippen molar-refractivity contribution in [2.45, 2.75) is 24.8 Å². The van der Waals surface area contributed by atoms with Crippen molar-refractivity contribution in [3.63, 3.8) is 0 Å². The largest absolute Gasteiger partial charge is 0.444 e. The van der Waals surface area contributed by atoms with Crippen LogP contribution in [0.15, 0.2) is 34.0 Å². The van der Waals surface area contributed by atoms with Gasteiger partial charge < -0.3 is 9.73 Å². The van der Waals surface area contributed by atoms with Crippen LogP contribution in [0.5, 0.6) is 0 Å². The SMILES string of the molecule is CNc1ccncc1S(=O)(=O)NC(C)c1ncc(C)o1. The predicted molar refractivity (Wildman–Crippen MR) is 73.8 cm³/mol. The molecule has 2 aromatic rings. The molecule has 2 rings (SSSR count). The lowest BCUT2D eigenvalue weighted by Crippen LogP contribution is -2.27. The molecular weight excluding hydrogens is 280 g/mol. The highest BCUT2D eigenvalue weighted by Crippen LogP contribution is 2.21. The van der Waals surface area contributed by atoms with Crippen LogP contribution in [0.1, 0.15) is 24.6 Å². The molecule has 8 heteroatoms. The lowest BCUT2D eigenvalue weighted by Gasteiger charge is -2.13. The van der Waals surface area contributed by atoms with E-state index >= 15 is 0 Å². The van der Waals surface area contributed by atoms with Gasteiger partial charge in [0.15, 0.2) is 0 Å². The molecule has 0 aliphatic carbocycles. The number of aryl methyl sites for hydroxylation is 1. The molecule has 0 aliphatic heterocycles. The molecule has 0 bridgehead atoms. The molecule has 0 aliphatic rings. The minimum Gasteiger partial charge on any atom is -0.444 e. The van der Waals surface area contributed by atoms with Crippen LogP contribution in [0.25, 0.3) is 0 Å². The second-order valence-corrected chi connectivity index (χ2v) is 5.96. The number of hydrogen-bond acceptors (Lipinski definition) is 6. The zero-order chi connectivity index (χ0) is 14.8. The quantitative estimate of drug-likeness (QED) is 0.867. The van der Waals surface area contributed by atoms with E-state index in [1.54, 1.807) is 33.2 Å². The second-order valence-electron chi connectivity index (χ2n) is 4.27. The lowest BCUT2D eigenvalue weighted by atomic mass is 10.4. The van der Waals surface area contributed by atoms with Gasteiger partial charge in [-0.2, -0.15) is 4.72 Å². The van der Waals surface area contributed by atoms with E-state index in [1.165, 1.54) is 12.4 Å². The number of oxazole rings is 1. The number of hydrogen-bond donors (Lipinski definition) is 2. The van der Waals surface area contributed by atoms with Crippen molar-refractivity contribution in [3.8, 4) is 0 Å². The number of anilines is 1. The van der Waals surface area contributed by atoms with Crippen LogP contribution in [0, 0.1) is 6.92 Å². The van der Waals surface area contributed by atoms with E-state index in [0.717, 1.165) is 0 Å². The summed E-state index contributed by atoms with van der Waals surface area (Å²) in [6.07, 6.45) is 4.36. The molecule has 1 atom stereocenters. The van der Waals surface area contributed by atoms with Crippen LogP contribution in [-0.4, -0.2) is 25.4 Å². The molecule has 20 heavy (non-hydrogen) atoms. The molecule has 0 amide bonds. The molecule has 2 heterocycles. The number of nitrogens with one attached hydrogen (secondary N) is 2. The summed E-state index contributed by atoms with van der Waals surface area (Å²) in [5.41, 5.74) is 0.475. The van der Waals surface area contributed by atoms with Crippen molar-refractivity contribution in [2.75, 3.05) is 12.4 Å². The standard InChI is InChI=1S/C12H16N4O3S/c1-8-6-15-12(19-8)9(2)16-20(17,18)11-7-14-5-4-10(11)13-3/h4-7,9,16H,1-3H3,(H,13,14). The van der Waals surface area contributed by atoms with E-state index in [2.05, 4.69) is 20.0 Å². The maximum Gasteiger partial charge on any atom is 0.244 e. The van der Waals surface area contributed by atoms with Crippen molar-refractivity contribution in [2.24, 2.45) is 0 Å². The Morgan fingerprint density at radius 2 is 2.10 bits per heavy atom. The van der Waals surface area contributed by atoms with E-state index in [0.29, 0.717) is 17.3 Å². The van der Waals surface area contributed by atoms with Crippen LogP contribution in [0.4, 0.5) is 5.69 Å². The smallest absolute Gasteiger partial charge is 0.244 e. The van der Waals surface area contributed by atoms with Crippen LogP contribution in [-0.2, 0) is 10.0 Å². The average Bonchev–Trinajstić information content (AvgIpc) is 2.85. The first-order valence-corrected chi connectivity index (χ1v) is 7.49. The summed E-state index contributed by atoms with van der Waals surface area (Å²) < 4.78 is 32.5. The Hall–Kier alpha value is -1.93. The third kappa shape index (κ3) is 2.97. The van der Waals surface area contributed by atoms with E-state index in [1.807, 2.05) is 0 Å². The summed E-state index contributed by atoms with van der Waals surface area (Å²) in [6, 6.07) is 1.02. The van der Waals surface area contributed by atoms with E-state index in [-0.39, 0.29) is 4.90 Å². The monoisotopic (exact) mass is 296 g/mol. The van der Waals surface area contributed by atoms with E-state index < -0.39 is 16.1 Å². The zero-order valence-corrected chi connectivity index (χ0v) is 12.2. The predicted octanol–water partition coefficient (Wildman–Crippen LogP) is 1.46. The minimum absolute atomic E-state index is 0.0811. The second kappa shape index (κ2) is 5.59. The fraction of sp³-hybridized carbons (Fsp3) is 0.333. The van der Waals surface area contributed by atoms with Crippen molar-refractivity contribution >= 4 is 15.7 Å². The van der Waals surface area contributed by atoms with Crippen molar-refractivity contribution in [1.82, 2.24) is 14.7 Å². The Morgan fingerprint density at radius 3 is 2.70 bits per heavy atom. The van der Waals surface area contributed by atoms with Gasteiger partial charge in [0, 0.05) is 19.4 Å². The topological polar surface area (TPSA) is 97.1 Å². The maximum atomic E-state index is 12.3. The van der Waals surface area contributed by atoms with Crippen LogP contribution in [0.3, 0.4) is 0 Å². The molecular formula is C12H16N4O3S. The number of rotatable bonds is 5. The van der Waals surface area contributed by atoms with Crippen LogP contribution < -0.4 is 10.0 Å². The summed E-state index contributed by atoms with van der Waals surface area (Å²) in [4.78, 5) is 7.94. The van der Waals surface area contributed by atoms with Gasteiger partial charge in [-0.05, 0) is 19.9 Å². The molecule has 0 radical (unpaired) electrons. The van der Waals surface area contributed by atoms with Gasteiger partial charge in [0.1, 0.15) is 10.7 Å². The third-order valence-electron chi connectivity index (χ3n) is 2.68. The molecule has 0 spiro atoms. The average molecular weight is 296 g/mol. The van der Waals surface area contributed by atoms with Gasteiger partial charge >= 0.3 is 0 Å². The molecule has 0 aromatic carbocycles. The van der Waals surface area contributed by atoms with Crippen LogP contribution >= 0.6 is 0 Å². The van der Waals surface area contributed by atoms with Gasteiger partial charge in [-0.15, -0.1) is 0 Å². The highest BCUT2D eigenvalue weighted by molar-refractivity contribution is 7.89. The zero-order valence-electron chi connectivity index (χ0n) is 11.4. The summed E-state index contributed by atoms with van der Waals surface area (Å²) in [5, 5.41) is 2.82. The van der Waals surface area contributed by atoms with Crippen molar-refractivity contribution in [3.05, 3.63) is 36.3 Å². The number of pyridine rings is 1. The molecule has 2 aromatic heterocycles. The van der Waals surface area contributed by atoms with E-state index in [9.17, 15) is 8.42 Å². The van der Waals surface area contributed by atoms with E-state index in [4.69, 9.17) is 4.42 Å². The molecule has 1 unspecified atom stereocenters. The molecule has 108 valence electrons. The highest BCUT2D eigenvalue weighted by atomic mass is 32.2. The number of nitrogens with zero attached hydrogens (tertiary/aromatic N) is 2. The first kappa shape index (κ1) is 14.5. The Labute approximate surface area is 117 Å². The molecule has 0 saturated carbocycles. The maximum absolute atomic E-state index is 12.3. The van der Waals surface area contributed by atoms with Gasteiger partial charge in [-0.3, -0.25) is 4.98 Å². The van der Waals surface area contributed by atoms with Gasteiger partial charge in [-0.1, -0.05) is 0 Å². The van der Waals surface area contributed by atoms with Gasteiger partial charge in [-0.25, -0.2) is 13.4 Å². The van der Waals surface area contributed by atoms with Gasteiger partial charge in [0.2, 0.25) is 15.9 Å². The fourth-order valence-corrected chi connectivity index (χ4v) is 3.07. The summed E-state index contributed by atoms with van der Waals surface area (Å²) in [7, 11) is -2.07. The first-order valence-electron chi connectivity index (χ1n) is 6.00. The Kier molecular flexibility index (Phi) is 4.05. The summed E-state index contributed by atoms with van der Waals surface area (Å²) >= 11 is 0. The summed E-state index contributed by atoms with van der Waals surface area (Å²) in [6.45, 7) is 3.41. The fourth-order valence-electron chi connectivity index (χ4n) is 1.72. The molecule has 0 saturated heterocycles. The third-order valence-corrected chi connectivity index (χ3v) is 4.25. The minimum atomic E-state index is -3.72.